The molecule has 1 aliphatic carbocycles. The van der Waals surface area contributed by atoms with E-state index in [9.17, 15) is 13.6 Å². The summed E-state index contributed by atoms with van der Waals surface area (Å²) in [6.45, 7) is 1.89. The van der Waals surface area contributed by atoms with Crippen LogP contribution in [0.3, 0.4) is 0 Å². The van der Waals surface area contributed by atoms with Crippen LogP contribution < -0.4 is 5.32 Å². The van der Waals surface area contributed by atoms with Crippen molar-refractivity contribution in [1.82, 2.24) is 15.0 Å². The van der Waals surface area contributed by atoms with Crippen LogP contribution in [0.2, 0.25) is 0 Å². The largest absolute Gasteiger partial charge is 0.342 e. The van der Waals surface area contributed by atoms with E-state index in [1.54, 1.807) is 18.5 Å². The Labute approximate surface area is 155 Å². The predicted molar refractivity (Wildman–Crippen MR) is 99.6 cm³/mol. The van der Waals surface area contributed by atoms with Crippen LogP contribution in [0.5, 0.6) is 0 Å². The SMILES string of the molecule is Cc1ncc(-c2ccc3cnc(NC(=O)C4CCC(F)(F)CC4)cc3c2)[nH]1. The van der Waals surface area contributed by atoms with Crippen LogP contribution in [0.4, 0.5) is 14.6 Å². The molecule has 0 radical (unpaired) electrons. The van der Waals surface area contributed by atoms with Crippen molar-refractivity contribution in [3.05, 3.63) is 42.5 Å². The molecule has 0 atom stereocenters. The summed E-state index contributed by atoms with van der Waals surface area (Å²) in [6.07, 6.45) is 3.42. The number of pyridine rings is 1. The first-order chi connectivity index (χ1) is 12.9. The molecule has 140 valence electrons. The number of carbonyl (C=O) groups excluding carboxylic acids is 1. The van der Waals surface area contributed by atoms with E-state index in [2.05, 4.69) is 20.3 Å². The van der Waals surface area contributed by atoms with Gasteiger partial charge in [0, 0.05) is 35.9 Å². The third kappa shape index (κ3) is 3.82. The molecule has 2 aromatic heterocycles. The van der Waals surface area contributed by atoms with Gasteiger partial charge in [-0.05, 0) is 37.3 Å². The molecule has 0 aliphatic heterocycles. The lowest BCUT2D eigenvalue weighted by Crippen LogP contribution is -2.32. The van der Waals surface area contributed by atoms with Gasteiger partial charge in [-0.25, -0.2) is 18.7 Å². The minimum Gasteiger partial charge on any atom is -0.342 e. The number of halogens is 2. The number of benzene rings is 1. The maximum atomic E-state index is 13.3. The van der Waals surface area contributed by atoms with Gasteiger partial charge < -0.3 is 10.3 Å². The molecule has 0 unspecified atom stereocenters. The zero-order chi connectivity index (χ0) is 19.0. The molecule has 27 heavy (non-hydrogen) atoms. The number of fused-ring (bicyclic) bond motifs is 1. The number of aryl methyl sites for hydroxylation is 1. The summed E-state index contributed by atoms with van der Waals surface area (Å²) in [5.41, 5.74) is 1.90. The summed E-state index contributed by atoms with van der Waals surface area (Å²) >= 11 is 0. The molecule has 3 aromatic rings. The van der Waals surface area contributed by atoms with Gasteiger partial charge in [-0.15, -0.1) is 0 Å². The van der Waals surface area contributed by atoms with Crippen molar-refractivity contribution in [3.63, 3.8) is 0 Å². The standard InChI is InChI=1S/C20H20F2N4O/c1-12-23-11-17(25-12)14-2-3-15-10-24-18(9-16(15)8-14)26-19(27)13-4-6-20(21,22)7-5-13/h2-3,8-11,13H,4-7H2,1H3,(H,23,25)(H,24,26,27). The Morgan fingerprint density at radius 2 is 1.93 bits per heavy atom. The average Bonchev–Trinajstić information content (AvgIpc) is 3.07. The summed E-state index contributed by atoms with van der Waals surface area (Å²) in [5, 5.41) is 4.66. The molecule has 1 saturated carbocycles. The molecule has 0 spiro atoms. The van der Waals surface area contributed by atoms with E-state index in [1.807, 2.05) is 25.1 Å². The molecule has 0 saturated heterocycles. The Morgan fingerprint density at radius 1 is 1.15 bits per heavy atom. The zero-order valence-electron chi connectivity index (χ0n) is 14.9. The van der Waals surface area contributed by atoms with Gasteiger partial charge in [0.15, 0.2) is 0 Å². The average molecular weight is 370 g/mol. The van der Waals surface area contributed by atoms with Gasteiger partial charge >= 0.3 is 0 Å². The number of hydrogen-bond acceptors (Lipinski definition) is 3. The van der Waals surface area contributed by atoms with Crippen molar-refractivity contribution in [1.29, 1.82) is 0 Å². The predicted octanol–water partition coefficient (Wildman–Crippen LogP) is 4.70. The van der Waals surface area contributed by atoms with Gasteiger partial charge in [0.1, 0.15) is 11.6 Å². The van der Waals surface area contributed by atoms with E-state index in [4.69, 9.17) is 0 Å². The maximum absolute atomic E-state index is 13.3. The lowest BCUT2D eigenvalue weighted by molar-refractivity contribution is -0.124. The van der Waals surface area contributed by atoms with Crippen LogP contribution in [-0.2, 0) is 4.79 Å². The highest BCUT2D eigenvalue weighted by Gasteiger charge is 2.37. The fourth-order valence-corrected chi connectivity index (χ4v) is 3.48. The highest BCUT2D eigenvalue weighted by atomic mass is 19.3. The number of carbonyl (C=O) groups is 1. The second-order valence-corrected chi connectivity index (χ2v) is 7.13. The third-order valence-electron chi connectivity index (χ3n) is 5.07. The molecule has 0 bridgehead atoms. The maximum Gasteiger partial charge on any atom is 0.248 e. The van der Waals surface area contributed by atoms with Gasteiger partial charge in [0.05, 0.1) is 11.9 Å². The van der Waals surface area contributed by atoms with E-state index in [0.29, 0.717) is 5.82 Å². The molecular formula is C20H20F2N4O. The molecule has 1 aliphatic rings. The van der Waals surface area contributed by atoms with E-state index >= 15 is 0 Å². The number of aromatic nitrogens is 3. The number of rotatable bonds is 3. The number of nitrogens with zero attached hydrogens (tertiary/aromatic N) is 2. The molecule has 7 heteroatoms. The van der Waals surface area contributed by atoms with Crippen LogP contribution in [0.25, 0.3) is 22.0 Å². The number of H-pyrrole nitrogens is 1. The normalized spacial score (nSPS) is 17.1. The smallest absolute Gasteiger partial charge is 0.248 e. The first-order valence-corrected chi connectivity index (χ1v) is 9.00. The minimum atomic E-state index is -2.64. The monoisotopic (exact) mass is 370 g/mol. The fourth-order valence-electron chi connectivity index (χ4n) is 3.48. The van der Waals surface area contributed by atoms with Gasteiger partial charge in [-0.1, -0.05) is 12.1 Å². The molecule has 1 aromatic carbocycles. The molecule has 5 nitrogen and oxygen atoms in total. The van der Waals surface area contributed by atoms with Crippen LogP contribution >= 0.6 is 0 Å². The Morgan fingerprint density at radius 3 is 2.63 bits per heavy atom. The molecule has 2 heterocycles. The summed E-state index contributed by atoms with van der Waals surface area (Å²) in [5.74, 6) is -1.99. The number of hydrogen-bond donors (Lipinski definition) is 2. The summed E-state index contributed by atoms with van der Waals surface area (Å²) in [7, 11) is 0. The van der Waals surface area contributed by atoms with Crippen LogP contribution in [-0.4, -0.2) is 26.8 Å². The van der Waals surface area contributed by atoms with Crippen molar-refractivity contribution in [2.24, 2.45) is 5.92 Å². The van der Waals surface area contributed by atoms with Gasteiger partial charge in [0.2, 0.25) is 11.8 Å². The fraction of sp³-hybridized carbons (Fsp3) is 0.350. The van der Waals surface area contributed by atoms with E-state index < -0.39 is 5.92 Å². The second-order valence-electron chi connectivity index (χ2n) is 7.13. The van der Waals surface area contributed by atoms with E-state index in [-0.39, 0.29) is 37.5 Å². The van der Waals surface area contributed by atoms with Crippen molar-refractivity contribution < 1.29 is 13.6 Å². The number of alkyl halides is 2. The summed E-state index contributed by atoms with van der Waals surface area (Å²) < 4.78 is 26.5. The van der Waals surface area contributed by atoms with Crippen molar-refractivity contribution in [2.45, 2.75) is 38.5 Å². The Hall–Kier alpha value is -2.83. The van der Waals surface area contributed by atoms with Gasteiger partial charge in [-0.2, -0.15) is 0 Å². The first-order valence-electron chi connectivity index (χ1n) is 9.00. The Bertz CT molecular complexity index is 989. The second kappa shape index (κ2) is 6.72. The number of nitrogens with one attached hydrogen (secondary N) is 2. The van der Waals surface area contributed by atoms with Crippen molar-refractivity contribution in [3.8, 4) is 11.3 Å². The molecule has 1 amide bonds. The zero-order valence-corrected chi connectivity index (χ0v) is 14.9. The lowest BCUT2D eigenvalue weighted by atomic mass is 9.86. The highest BCUT2D eigenvalue weighted by molar-refractivity contribution is 5.95. The first kappa shape index (κ1) is 17.6. The van der Waals surface area contributed by atoms with Gasteiger partial charge in [0.25, 0.3) is 0 Å². The van der Waals surface area contributed by atoms with Crippen LogP contribution in [0.1, 0.15) is 31.5 Å². The van der Waals surface area contributed by atoms with Gasteiger partial charge in [-0.3, -0.25) is 4.79 Å². The number of amides is 1. The quantitative estimate of drug-likeness (QED) is 0.702. The van der Waals surface area contributed by atoms with Crippen molar-refractivity contribution in [2.75, 3.05) is 5.32 Å². The van der Waals surface area contributed by atoms with Crippen molar-refractivity contribution >= 4 is 22.5 Å². The topological polar surface area (TPSA) is 70.7 Å². The molecule has 2 N–H and O–H groups in total. The molecule has 1 fully saturated rings. The highest BCUT2D eigenvalue weighted by Crippen LogP contribution is 2.36. The number of imidazole rings is 1. The van der Waals surface area contributed by atoms with Crippen LogP contribution in [0.15, 0.2) is 36.7 Å². The number of anilines is 1. The summed E-state index contributed by atoms with van der Waals surface area (Å²) in [6, 6.07) is 7.75. The van der Waals surface area contributed by atoms with E-state index in [0.717, 1.165) is 27.9 Å². The Balaban J connectivity index is 1.53. The lowest BCUT2D eigenvalue weighted by Gasteiger charge is -2.27. The van der Waals surface area contributed by atoms with Crippen LogP contribution in [0, 0.1) is 12.8 Å². The van der Waals surface area contributed by atoms with E-state index in [1.165, 1.54) is 0 Å². The Kier molecular flexibility index (Phi) is 4.37. The molecule has 4 rings (SSSR count). The summed E-state index contributed by atoms with van der Waals surface area (Å²) in [4.78, 5) is 24.1. The third-order valence-corrected chi connectivity index (χ3v) is 5.07. The number of aromatic amines is 1. The minimum absolute atomic E-state index is 0.204. The molecular weight excluding hydrogens is 350 g/mol.